The lowest BCUT2D eigenvalue weighted by atomic mass is 9.92. The average molecular weight is 454 g/mol. The maximum Gasteiger partial charge on any atom is 0.329 e. The number of methoxy groups -OCH3 is 1. The average Bonchev–Trinajstić information content (AvgIpc) is 3.52. The van der Waals surface area contributed by atoms with Crippen molar-refractivity contribution in [2.75, 3.05) is 45.2 Å². The van der Waals surface area contributed by atoms with Crippen molar-refractivity contribution in [1.29, 1.82) is 0 Å². The summed E-state index contributed by atoms with van der Waals surface area (Å²) in [5.74, 6) is -0.820. The number of nitrogens with zero attached hydrogens (tertiary/aromatic N) is 2. The molecule has 1 amide bonds. The van der Waals surface area contributed by atoms with Crippen LogP contribution in [0.25, 0.3) is 0 Å². The summed E-state index contributed by atoms with van der Waals surface area (Å²) in [4.78, 5) is 31.1. The number of aliphatic carboxylic acids is 1. The number of halogens is 1. The minimum absolute atomic E-state index is 0.0909. The van der Waals surface area contributed by atoms with Gasteiger partial charge in [-0.3, -0.25) is 4.79 Å². The van der Waals surface area contributed by atoms with Crippen LogP contribution in [0.1, 0.15) is 43.6 Å². The van der Waals surface area contributed by atoms with Gasteiger partial charge in [-0.2, -0.15) is 0 Å². The van der Waals surface area contributed by atoms with Crippen molar-refractivity contribution in [2.45, 2.75) is 44.8 Å². The van der Waals surface area contributed by atoms with Crippen molar-refractivity contribution in [3.05, 3.63) is 17.8 Å². The van der Waals surface area contributed by atoms with E-state index in [0.29, 0.717) is 32.2 Å². The summed E-state index contributed by atoms with van der Waals surface area (Å²) < 4.78 is 28.3. The van der Waals surface area contributed by atoms with E-state index in [1.807, 2.05) is 0 Å². The molecule has 0 radical (unpaired) electrons. The first-order valence-electron chi connectivity index (χ1n) is 11.0. The molecule has 178 valence electrons. The Bertz CT molecular complexity index is 813. The highest BCUT2D eigenvalue weighted by Gasteiger charge is 2.39. The summed E-state index contributed by atoms with van der Waals surface area (Å²) in [5.41, 5.74) is -0.505. The van der Waals surface area contributed by atoms with E-state index >= 15 is 0 Å². The van der Waals surface area contributed by atoms with E-state index in [-0.39, 0.29) is 36.5 Å². The first-order chi connectivity index (χ1) is 15.4. The predicted molar refractivity (Wildman–Crippen MR) is 115 cm³/mol. The van der Waals surface area contributed by atoms with E-state index in [9.17, 15) is 19.1 Å². The summed E-state index contributed by atoms with van der Waals surface area (Å²) in [6, 6.07) is 3.34. The molecule has 2 fully saturated rings. The van der Waals surface area contributed by atoms with Gasteiger partial charge in [0.05, 0.1) is 19.3 Å². The fourth-order valence-electron chi connectivity index (χ4n) is 3.85. The molecule has 1 aromatic heterocycles. The molecule has 3 rings (SSSR count). The smallest absolute Gasteiger partial charge is 0.329 e. The Morgan fingerprint density at radius 3 is 2.53 bits per heavy atom. The molecule has 10 heteroatoms. The zero-order valence-corrected chi connectivity index (χ0v) is 18.8. The van der Waals surface area contributed by atoms with E-state index in [1.165, 1.54) is 0 Å². The predicted octanol–water partition coefficient (Wildman–Crippen LogP) is 2.25. The lowest BCUT2D eigenvalue weighted by molar-refractivity contribution is -0.144. The molecular formula is C22H32FN3O6. The number of ether oxygens (including phenoxy) is 3. The molecular weight excluding hydrogens is 421 g/mol. The van der Waals surface area contributed by atoms with E-state index in [4.69, 9.17) is 14.2 Å². The fraction of sp³-hybridized carbons (Fsp3) is 0.682. The number of hydrogen-bond acceptors (Lipinski definition) is 7. The van der Waals surface area contributed by atoms with Gasteiger partial charge in [0.1, 0.15) is 16.9 Å². The monoisotopic (exact) mass is 453 g/mol. The highest BCUT2D eigenvalue weighted by atomic mass is 19.1. The molecule has 1 aliphatic carbocycles. The van der Waals surface area contributed by atoms with E-state index in [0.717, 1.165) is 12.1 Å². The Balaban J connectivity index is 1.74. The second-order valence-corrected chi connectivity index (χ2v) is 8.38. The number of aromatic nitrogens is 1. The van der Waals surface area contributed by atoms with Gasteiger partial charge in [-0.25, -0.2) is 14.2 Å². The van der Waals surface area contributed by atoms with Crippen LogP contribution >= 0.6 is 0 Å². The third kappa shape index (κ3) is 5.29. The number of alkyl halides is 1. The number of carboxylic acids is 1. The van der Waals surface area contributed by atoms with Crippen LogP contribution in [0.2, 0.25) is 0 Å². The summed E-state index contributed by atoms with van der Waals surface area (Å²) >= 11 is 0. The topological polar surface area (TPSA) is 110 Å². The van der Waals surface area contributed by atoms with Gasteiger partial charge in [0, 0.05) is 20.2 Å². The maximum absolute atomic E-state index is 12.8. The van der Waals surface area contributed by atoms with Crippen molar-refractivity contribution >= 4 is 17.6 Å². The molecule has 1 saturated carbocycles. The Hall–Kier alpha value is -2.46. The maximum atomic E-state index is 12.8. The van der Waals surface area contributed by atoms with Crippen LogP contribution in [0.3, 0.4) is 0 Å². The molecule has 2 aliphatic rings. The molecule has 1 aromatic rings. The normalized spacial score (nSPS) is 20.6. The van der Waals surface area contributed by atoms with Crippen molar-refractivity contribution in [3.63, 3.8) is 0 Å². The Labute approximate surface area is 187 Å². The quantitative estimate of drug-likeness (QED) is 0.468. The number of carbonyl (C=O) groups is 2. The van der Waals surface area contributed by atoms with Crippen LogP contribution in [-0.2, 0) is 14.3 Å². The molecule has 9 nitrogen and oxygen atoms in total. The standard InChI is InChI=1S/C22H32FN3O6/c1-4-22(5-2,21(28)29)25-19(27)17-6-7-18(26-9-16(10-26)30-3)20(24-17)32-12-15-8-14(15)11-31-13-23/h6-7,14-16H,4-5,8-13H2,1-3H3,(H,25,27)(H,28,29). The summed E-state index contributed by atoms with van der Waals surface area (Å²) in [6.45, 7) is 4.76. The van der Waals surface area contributed by atoms with Crippen LogP contribution in [0.15, 0.2) is 12.1 Å². The molecule has 1 saturated heterocycles. The number of nitrogens with one attached hydrogen (secondary N) is 1. The van der Waals surface area contributed by atoms with E-state index < -0.39 is 24.3 Å². The highest BCUT2D eigenvalue weighted by molar-refractivity contribution is 5.96. The molecule has 1 aliphatic heterocycles. The largest absolute Gasteiger partial charge is 0.480 e. The van der Waals surface area contributed by atoms with Gasteiger partial charge in [0.25, 0.3) is 5.91 Å². The third-order valence-corrected chi connectivity index (χ3v) is 6.48. The molecule has 0 spiro atoms. The number of pyridine rings is 1. The molecule has 2 heterocycles. The van der Waals surface area contributed by atoms with Crippen LogP contribution in [0.5, 0.6) is 5.88 Å². The van der Waals surface area contributed by atoms with Gasteiger partial charge in [0.15, 0.2) is 6.86 Å². The van der Waals surface area contributed by atoms with Crippen LogP contribution in [0.4, 0.5) is 10.1 Å². The van der Waals surface area contributed by atoms with Crippen molar-refractivity contribution in [1.82, 2.24) is 10.3 Å². The van der Waals surface area contributed by atoms with Crippen molar-refractivity contribution < 1.29 is 33.3 Å². The second kappa shape index (κ2) is 10.4. The Morgan fingerprint density at radius 1 is 1.25 bits per heavy atom. The zero-order chi connectivity index (χ0) is 23.3. The number of carboxylic acid groups (broad SMARTS) is 1. The minimum Gasteiger partial charge on any atom is -0.480 e. The molecule has 2 unspecified atom stereocenters. The van der Waals surface area contributed by atoms with Gasteiger partial charge in [-0.15, -0.1) is 0 Å². The van der Waals surface area contributed by atoms with E-state index in [1.54, 1.807) is 33.1 Å². The number of amides is 1. The van der Waals surface area contributed by atoms with Gasteiger partial charge >= 0.3 is 5.97 Å². The van der Waals surface area contributed by atoms with Crippen molar-refractivity contribution in [2.24, 2.45) is 11.8 Å². The lowest BCUT2D eigenvalue weighted by Gasteiger charge is -2.40. The number of carbonyl (C=O) groups excluding carboxylic acids is 1. The fourth-order valence-corrected chi connectivity index (χ4v) is 3.85. The molecule has 2 N–H and O–H groups in total. The zero-order valence-electron chi connectivity index (χ0n) is 18.8. The summed E-state index contributed by atoms with van der Waals surface area (Å²) in [6.07, 6.45) is 1.52. The molecule has 0 aromatic carbocycles. The van der Waals surface area contributed by atoms with Gasteiger partial charge in [-0.1, -0.05) is 13.8 Å². The molecule has 2 atom stereocenters. The van der Waals surface area contributed by atoms with Gasteiger partial charge in [0.2, 0.25) is 5.88 Å². The van der Waals surface area contributed by atoms with Crippen LogP contribution in [0, 0.1) is 11.8 Å². The summed E-state index contributed by atoms with van der Waals surface area (Å²) in [5, 5.41) is 12.2. The number of hydrogen-bond donors (Lipinski definition) is 2. The lowest BCUT2D eigenvalue weighted by Crippen LogP contribution is -2.54. The molecule has 32 heavy (non-hydrogen) atoms. The molecule has 0 bridgehead atoms. The SMILES string of the molecule is CCC(CC)(NC(=O)c1ccc(N2CC(OC)C2)c(OCC2CC2COCF)n1)C(=O)O. The van der Waals surface area contributed by atoms with E-state index in [2.05, 4.69) is 15.2 Å². The number of rotatable bonds is 13. The van der Waals surface area contributed by atoms with Crippen LogP contribution < -0.4 is 15.0 Å². The minimum atomic E-state index is -1.35. The number of anilines is 1. The Morgan fingerprint density at radius 2 is 1.94 bits per heavy atom. The second-order valence-electron chi connectivity index (χ2n) is 8.38. The highest BCUT2D eigenvalue weighted by Crippen LogP contribution is 2.40. The Kier molecular flexibility index (Phi) is 7.89. The van der Waals surface area contributed by atoms with Gasteiger partial charge < -0.3 is 29.5 Å². The van der Waals surface area contributed by atoms with Crippen molar-refractivity contribution in [3.8, 4) is 5.88 Å². The van der Waals surface area contributed by atoms with Crippen LogP contribution in [-0.4, -0.2) is 73.9 Å². The first kappa shape index (κ1) is 24.2. The first-order valence-corrected chi connectivity index (χ1v) is 11.0. The summed E-state index contributed by atoms with van der Waals surface area (Å²) in [7, 11) is 1.66. The van der Waals surface area contributed by atoms with Gasteiger partial charge in [-0.05, 0) is 43.2 Å². The third-order valence-electron chi connectivity index (χ3n) is 6.48.